The fraction of sp³-hybridized carbons (Fsp3) is 0.500. The third-order valence-corrected chi connectivity index (χ3v) is 9.91. The number of carbonyl (C=O) groups is 1. The standard InChI is InChI=1S/C36H41F4N3O3.C2H6/c37-30-19-27(42-15-5-12-36(13-17-42)11-4-14-41(24-36)22-33(44)45)20-31(38)34(30)35-29-9-8-28(46-23-25-6-2-1-3-7-25)18-26(29)10-16-43(35)21-32(39)40;1-2/h1-3,6-9,18-20,32,35H,4-5,10-17,21-24H2,(H,44,45);1-2H3. The summed E-state index contributed by atoms with van der Waals surface area (Å²) < 4.78 is 65.6. The zero-order valence-corrected chi connectivity index (χ0v) is 27.9. The Balaban J connectivity index is 0.00000221. The maximum atomic E-state index is 16.1. The summed E-state index contributed by atoms with van der Waals surface area (Å²) in [5.41, 5.74) is 2.64. The summed E-state index contributed by atoms with van der Waals surface area (Å²) in [6, 6.07) is 16.7. The van der Waals surface area contributed by atoms with Gasteiger partial charge in [-0.2, -0.15) is 0 Å². The molecule has 0 amide bonds. The van der Waals surface area contributed by atoms with E-state index in [0.29, 0.717) is 43.1 Å². The van der Waals surface area contributed by atoms with Gasteiger partial charge in [0.15, 0.2) is 0 Å². The maximum absolute atomic E-state index is 16.1. The van der Waals surface area contributed by atoms with E-state index >= 15 is 8.78 Å². The minimum absolute atomic E-state index is 0.00920. The Bertz CT molecular complexity index is 1500. The van der Waals surface area contributed by atoms with Crippen molar-refractivity contribution in [1.29, 1.82) is 0 Å². The van der Waals surface area contributed by atoms with Gasteiger partial charge in [-0.05, 0) is 91.4 Å². The van der Waals surface area contributed by atoms with Gasteiger partial charge in [-0.25, -0.2) is 17.6 Å². The Labute approximate surface area is 281 Å². The van der Waals surface area contributed by atoms with Crippen LogP contribution in [0, 0.1) is 17.0 Å². The molecule has 2 unspecified atom stereocenters. The first-order valence-electron chi connectivity index (χ1n) is 17.2. The number of ether oxygens (including phenoxy) is 1. The highest BCUT2D eigenvalue weighted by Crippen LogP contribution is 2.43. The van der Waals surface area contributed by atoms with Crippen LogP contribution in [0.2, 0.25) is 0 Å². The first kappa shape index (κ1) is 35.7. The van der Waals surface area contributed by atoms with E-state index in [0.717, 1.165) is 56.3 Å². The molecule has 0 bridgehead atoms. The summed E-state index contributed by atoms with van der Waals surface area (Å²) in [6.45, 7) is 6.76. The normalized spacial score (nSPS) is 21.7. The SMILES string of the molecule is CC.O=C(O)CN1CCCC2(CCCN(c3cc(F)c(C4c5ccc(OCc6ccccc6)cc5CCN4CC(F)F)c(F)c3)CC2)C1. The van der Waals surface area contributed by atoms with Crippen LogP contribution in [0.4, 0.5) is 23.2 Å². The van der Waals surface area contributed by atoms with E-state index in [1.807, 2.05) is 60.0 Å². The summed E-state index contributed by atoms with van der Waals surface area (Å²) >= 11 is 0. The zero-order valence-electron chi connectivity index (χ0n) is 27.9. The van der Waals surface area contributed by atoms with Crippen molar-refractivity contribution in [1.82, 2.24) is 9.80 Å². The molecule has 10 heteroatoms. The Kier molecular flexibility index (Phi) is 12.0. The number of carboxylic acids is 1. The quantitative estimate of drug-likeness (QED) is 0.234. The number of hydrogen-bond acceptors (Lipinski definition) is 5. The number of alkyl halides is 2. The molecule has 6 rings (SSSR count). The molecule has 3 aliphatic heterocycles. The van der Waals surface area contributed by atoms with E-state index in [1.165, 1.54) is 17.0 Å². The number of carboxylic acid groups (broad SMARTS) is 1. The Morgan fingerprint density at radius 3 is 2.33 bits per heavy atom. The third-order valence-electron chi connectivity index (χ3n) is 9.91. The van der Waals surface area contributed by atoms with Crippen molar-refractivity contribution >= 4 is 11.7 Å². The van der Waals surface area contributed by atoms with Gasteiger partial charge < -0.3 is 14.7 Å². The minimum Gasteiger partial charge on any atom is -0.489 e. The number of hydrogen-bond donors (Lipinski definition) is 1. The largest absolute Gasteiger partial charge is 0.489 e. The molecule has 0 saturated carbocycles. The van der Waals surface area contributed by atoms with Gasteiger partial charge in [-0.15, -0.1) is 0 Å². The number of benzene rings is 3. The molecule has 260 valence electrons. The highest BCUT2D eigenvalue weighted by atomic mass is 19.3. The highest BCUT2D eigenvalue weighted by molar-refractivity contribution is 5.69. The van der Waals surface area contributed by atoms with Crippen LogP contribution in [0.15, 0.2) is 60.7 Å². The molecule has 48 heavy (non-hydrogen) atoms. The molecule has 2 fully saturated rings. The smallest absolute Gasteiger partial charge is 0.317 e. The first-order valence-corrected chi connectivity index (χ1v) is 17.2. The molecule has 2 atom stereocenters. The maximum Gasteiger partial charge on any atom is 0.317 e. The average molecular weight is 670 g/mol. The molecule has 6 nitrogen and oxygen atoms in total. The molecular weight excluding hydrogens is 622 g/mol. The number of halogens is 4. The van der Waals surface area contributed by atoms with Gasteiger partial charge in [0.2, 0.25) is 0 Å². The lowest BCUT2D eigenvalue weighted by Crippen LogP contribution is -2.45. The van der Waals surface area contributed by atoms with Crippen LogP contribution in [0.1, 0.15) is 74.2 Å². The Morgan fingerprint density at radius 1 is 0.938 bits per heavy atom. The van der Waals surface area contributed by atoms with Crippen LogP contribution in [-0.4, -0.2) is 73.1 Å². The number of aliphatic carboxylic acids is 1. The van der Waals surface area contributed by atoms with Crippen LogP contribution >= 0.6 is 0 Å². The summed E-state index contributed by atoms with van der Waals surface area (Å²) in [7, 11) is 0. The number of nitrogens with zero attached hydrogens (tertiary/aromatic N) is 3. The van der Waals surface area contributed by atoms with Crippen LogP contribution in [-0.2, 0) is 17.8 Å². The highest BCUT2D eigenvalue weighted by Gasteiger charge is 2.38. The Hall–Kier alpha value is -3.63. The second-order valence-corrected chi connectivity index (χ2v) is 13.0. The molecule has 3 aliphatic rings. The van der Waals surface area contributed by atoms with Crippen molar-refractivity contribution in [2.45, 2.75) is 71.4 Å². The summed E-state index contributed by atoms with van der Waals surface area (Å²) in [5, 5.41) is 9.29. The predicted octanol–water partition coefficient (Wildman–Crippen LogP) is 7.94. The fourth-order valence-corrected chi connectivity index (χ4v) is 7.77. The van der Waals surface area contributed by atoms with E-state index in [-0.39, 0.29) is 24.1 Å². The van der Waals surface area contributed by atoms with Crippen molar-refractivity contribution in [2.75, 3.05) is 50.7 Å². The number of fused-ring (bicyclic) bond motifs is 1. The van der Waals surface area contributed by atoms with Gasteiger partial charge in [0.05, 0.1) is 19.1 Å². The first-order chi connectivity index (χ1) is 23.2. The van der Waals surface area contributed by atoms with Gasteiger partial charge in [0.25, 0.3) is 6.43 Å². The van der Waals surface area contributed by atoms with Gasteiger partial charge in [-0.3, -0.25) is 14.6 Å². The molecule has 1 spiro atoms. The van der Waals surface area contributed by atoms with E-state index in [1.54, 1.807) is 12.1 Å². The van der Waals surface area contributed by atoms with Crippen LogP contribution < -0.4 is 9.64 Å². The van der Waals surface area contributed by atoms with Crippen LogP contribution in [0.25, 0.3) is 0 Å². The van der Waals surface area contributed by atoms with E-state index in [4.69, 9.17) is 4.74 Å². The van der Waals surface area contributed by atoms with E-state index in [2.05, 4.69) is 0 Å². The molecule has 3 aromatic carbocycles. The lowest BCUT2D eigenvalue weighted by Gasteiger charge is -2.42. The van der Waals surface area contributed by atoms with Gasteiger partial charge in [0, 0.05) is 37.4 Å². The van der Waals surface area contributed by atoms with Crippen molar-refractivity contribution in [2.24, 2.45) is 5.41 Å². The molecule has 0 aromatic heterocycles. The molecule has 3 heterocycles. The molecule has 1 N–H and O–H groups in total. The topological polar surface area (TPSA) is 56.3 Å². The van der Waals surface area contributed by atoms with Crippen LogP contribution in [0.5, 0.6) is 5.75 Å². The second kappa shape index (κ2) is 16.2. The van der Waals surface area contributed by atoms with Crippen molar-refractivity contribution in [3.05, 3.63) is 94.6 Å². The minimum atomic E-state index is -2.65. The number of likely N-dealkylation sites (tertiary alicyclic amines) is 1. The second-order valence-electron chi connectivity index (χ2n) is 13.0. The number of anilines is 1. The Morgan fingerprint density at radius 2 is 1.65 bits per heavy atom. The average Bonchev–Trinajstić information content (AvgIpc) is 3.27. The fourth-order valence-electron chi connectivity index (χ4n) is 7.77. The molecule has 0 radical (unpaired) electrons. The molecule has 2 saturated heterocycles. The van der Waals surface area contributed by atoms with Gasteiger partial charge in [-0.1, -0.05) is 50.2 Å². The molecular formula is C38H47F4N3O3. The number of rotatable bonds is 9. The van der Waals surface area contributed by atoms with E-state index in [9.17, 15) is 18.7 Å². The lowest BCUT2D eigenvalue weighted by atomic mass is 9.74. The van der Waals surface area contributed by atoms with Gasteiger partial charge in [0.1, 0.15) is 24.0 Å². The van der Waals surface area contributed by atoms with Crippen molar-refractivity contribution < 1.29 is 32.2 Å². The third kappa shape index (κ3) is 8.50. The zero-order chi connectivity index (χ0) is 34.3. The van der Waals surface area contributed by atoms with Gasteiger partial charge >= 0.3 is 5.97 Å². The predicted molar refractivity (Wildman–Crippen MR) is 180 cm³/mol. The van der Waals surface area contributed by atoms with E-state index < -0.39 is 36.6 Å². The molecule has 0 aliphatic carbocycles. The van der Waals surface area contributed by atoms with Crippen molar-refractivity contribution in [3.8, 4) is 5.75 Å². The number of piperidine rings is 1. The lowest BCUT2D eigenvalue weighted by molar-refractivity contribution is -0.139. The summed E-state index contributed by atoms with van der Waals surface area (Å²) in [4.78, 5) is 16.8. The summed E-state index contributed by atoms with van der Waals surface area (Å²) in [6.07, 6.45) is 2.32. The molecule has 3 aromatic rings. The summed E-state index contributed by atoms with van der Waals surface area (Å²) in [5.74, 6) is -1.72. The monoisotopic (exact) mass is 669 g/mol. The van der Waals surface area contributed by atoms with Crippen molar-refractivity contribution in [3.63, 3.8) is 0 Å². The van der Waals surface area contributed by atoms with Crippen LogP contribution in [0.3, 0.4) is 0 Å².